The number of nitrogens with two attached hydrogens (primary N) is 1. The normalized spacial score (nSPS) is 17.1. The van der Waals surface area contributed by atoms with E-state index < -0.39 is 18.1 Å². The molecule has 2 unspecified atom stereocenters. The van der Waals surface area contributed by atoms with Crippen LogP contribution in [0.1, 0.15) is 59.8 Å². The minimum atomic E-state index is -1.17. The molecule has 0 aliphatic carbocycles. The largest absolute Gasteiger partial charge is 0.480 e. The van der Waals surface area contributed by atoms with Crippen molar-refractivity contribution in [2.24, 2.45) is 17.6 Å². The fourth-order valence-corrected chi connectivity index (χ4v) is 2.33. The summed E-state index contributed by atoms with van der Waals surface area (Å²) < 4.78 is 5.22. The average molecular weight is 287 g/mol. The molecule has 0 heterocycles. The van der Waals surface area contributed by atoms with Crippen LogP contribution in [0.15, 0.2) is 0 Å². The summed E-state index contributed by atoms with van der Waals surface area (Å²) in [6.07, 6.45) is 3.82. The lowest BCUT2D eigenvalue weighted by molar-refractivity contribution is -0.158. The number of carboxylic acids is 1. The van der Waals surface area contributed by atoms with E-state index in [-0.39, 0.29) is 11.9 Å². The summed E-state index contributed by atoms with van der Waals surface area (Å²) in [5.74, 6) is -1.17. The molecule has 0 aromatic heterocycles. The molecule has 4 atom stereocenters. The monoisotopic (exact) mass is 287 g/mol. The first-order valence-electron chi connectivity index (χ1n) is 7.52. The van der Waals surface area contributed by atoms with Crippen LogP contribution in [0.4, 0.5) is 0 Å². The second-order valence-electron chi connectivity index (χ2n) is 5.62. The Balaban J connectivity index is 4.52. The SMILES string of the molecule is CCCC(C)CC(CCC)C(=O)O[C@H](C)[C@H](N)C(=O)O. The molecule has 0 rings (SSSR count). The number of esters is 1. The van der Waals surface area contributed by atoms with Crippen molar-refractivity contribution in [2.45, 2.75) is 71.9 Å². The summed E-state index contributed by atoms with van der Waals surface area (Å²) in [7, 11) is 0. The second kappa shape index (κ2) is 9.75. The molecule has 20 heavy (non-hydrogen) atoms. The molecule has 0 saturated carbocycles. The summed E-state index contributed by atoms with van der Waals surface area (Å²) in [6, 6.07) is -1.17. The minimum absolute atomic E-state index is 0.162. The van der Waals surface area contributed by atoms with Gasteiger partial charge in [-0.25, -0.2) is 0 Å². The van der Waals surface area contributed by atoms with Crippen molar-refractivity contribution in [1.29, 1.82) is 0 Å². The molecule has 0 saturated heterocycles. The van der Waals surface area contributed by atoms with Gasteiger partial charge >= 0.3 is 11.9 Å². The smallest absolute Gasteiger partial charge is 0.324 e. The van der Waals surface area contributed by atoms with Crippen LogP contribution in [0.3, 0.4) is 0 Å². The zero-order valence-electron chi connectivity index (χ0n) is 13.1. The van der Waals surface area contributed by atoms with E-state index in [2.05, 4.69) is 13.8 Å². The van der Waals surface area contributed by atoms with Gasteiger partial charge in [0.15, 0.2) is 0 Å². The molecule has 3 N–H and O–H groups in total. The molecule has 0 spiro atoms. The lowest BCUT2D eigenvalue weighted by Crippen LogP contribution is -2.43. The van der Waals surface area contributed by atoms with Gasteiger partial charge in [0, 0.05) is 0 Å². The Hall–Kier alpha value is -1.10. The molecule has 0 amide bonds. The van der Waals surface area contributed by atoms with Crippen molar-refractivity contribution < 1.29 is 19.4 Å². The van der Waals surface area contributed by atoms with Crippen LogP contribution < -0.4 is 5.73 Å². The fourth-order valence-electron chi connectivity index (χ4n) is 2.33. The number of carboxylic acid groups (broad SMARTS) is 1. The van der Waals surface area contributed by atoms with Crippen LogP contribution >= 0.6 is 0 Å². The number of carbonyl (C=O) groups is 2. The van der Waals surface area contributed by atoms with Crippen LogP contribution in [-0.4, -0.2) is 29.2 Å². The highest BCUT2D eigenvalue weighted by Crippen LogP contribution is 2.22. The van der Waals surface area contributed by atoms with E-state index in [4.69, 9.17) is 15.6 Å². The van der Waals surface area contributed by atoms with Crippen LogP contribution in [0.25, 0.3) is 0 Å². The molecular formula is C15H29NO4. The molecule has 0 aliphatic rings. The van der Waals surface area contributed by atoms with Gasteiger partial charge in [-0.05, 0) is 25.7 Å². The van der Waals surface area contributed by atoms with Gasteiger partial charge in [0.2, 0.25) is 0 Å². The van der Waals surface area contributed by atoms with E-state index in [1.54, 1.807) is 0 Å². The second-order valence-corrected chi connectivity index (χ2v) is 5.62. The first-order chi connectivity index (χ1) is 9.33. The summed E-state index contributed by atoms with van der Waals surface area (Å²) >= 11 is 0. The predicted molar refractivity (Wildman–Crippen MR) is 78.3 cm³/mol. The molecule has 0 fully saturated rings. The van der Waals surface area contributed by atoms with Crippen molar-refractivity contribution in [3.8, 4) is 0 Å². The van der Waals surface area contributed by atoms with Crippen molar-refractivity contribution in [1.82, 2.24) is 0 Å². The number of ether oxygens (including phenoxy) is 1. The van der Waals surface area contributed by atoms with Gasteiger partial charge in [-0.3, -0.25) is 9.59 Å². The zero-order valence-corrected chi connectivity index (χ0v) is 13.1. The standard InChI is InChI=1S/C15H29NO4/c1-5-7-10(3)9-12(8-6-2)15(19)20-11(4)13(16)14(17)18/h10-13H,5-9,16H2,1-4H3,(H,17,18)/t10?,11-,12?,13+/m1/s1. The Kier molecular flexibility index (Phi) is 9.21. The number of hydrogen-bond acceptors (Lipinski definition) is 4. The molecular weight excluding hydrogens is 258 g/mol. The maximum absolute atomic E-state index is 12.1. The molecule has 118 valence electrons. The van der Waals surface area contributed by atoms with Gasteiger partial charge < -0.3 is 15.6 Å². The van der Waals surface area contributed by atoms with Crippen molar-refractivity contribution in [3.63, 3.8) is 0 Å². The first-order valence-corrected chi connectivity index (χ1v) is 7.52. The highest BCUT2D eigenvalue weighted by molar-refractivity contribution is 5.76. The third-order valence-electron chi connectivity index (χ3n) is 3.53. The molecule has 5 heteroatoms. The van der Waals surface area contributed by atoms with Gasteiger partial charge in [0.05, 0.1) is 5.92 Å². The van der Waals surface area contributed by atoms with E-state index in [9.17, 15) is 9.59 Å². The number of aliphatic carboxylic acids is 1. The van der Waals surface area contributed by atoms with Crippen molar-refractivity contribution in [2.75, 3.05) is 0 Å². The Morgan fingerprint density at radius 2 is 1.70 bits per heavy atom. The van der Waals surface area contributed by atoms with Crippen LogP contribution in [0.5, 0.6) is 0 Å². The maximum Gasteiger partial charge on any atom is 0.324 e. The van der Waals surface area contributed by atoms with Crippen molar-refractivity contribution >= 4 is 11.9 Å². The first kappa shape index (κ1) is 18.9. The minimum Gasteiger partial charge on any atom is -0.480 e. The summed E-state index contributed by atoms with van der Waals surface area (Å²) in [5, 5.41) is 8.81. The molecule has 0 bridgehead atoms. The summed E-state index contributed by atoms with van der Waals surface area (Å²) in [4.78, 5) is 22.9. The van der Waals surface area contributed by atoms with Crippen LogP contribution in [0.2, 0.25) is 0 Å². The maximum atomic E-state index is 12.1. The molecule has 0 aromatic carbocycles. The van der Waals surface area contributed by atoms with Gasteiger partial charge in [-0.1, -0.05) is 40.0 Å². The van der Waals surface area contributed by atoms with Gasteiger partial charge in [0.1, 0.15) is 12.1 Å². The molecule has 0 radical (unpaired) electrons. The van der Waals surface area contributed by atoms with Gasteiger partial charge in [-0.2, -0.15) is 0 Å². The van der Waals surface area contributed by atoms with Crippen LogP contribution in [0, 0.1) is 11.8 Å². The van der Waals surface area contributed by atoms with E-state index >= 15 is 0 Å². The average Bonchev–Trinajstić information content (AvgIpc) is 2.37. The molecule has 0 aromatic rings. The topological polar surface area (TPSA) is 89.6 Å². The van der Waals surface area contributed by atoms with E-state index in [0.717, 1.165) is 32.1 Å². The quantitative estimate of drug-likeness (QED) is 0.603. The lowest BCUT2D eigenvalue weighted by Gasteiger charge is -2.23. The Bertz CT molecular complexity index is 306. The third kappa shape index (κ3) is 6.89. The Morgan fingerprint density at radius 1 is 1.15 bits per heavy atom. The zero-order chi connectivity index (χ0) is 15.7. The fraction of sp³-hybridized carbons (Fsp3) is 0.867. The Labute approximate surface area is 121 Å². The number of rotatable bonds is 10. The molecule has 0 aliphatic heterocycles. The highest BCUT2D eigenvalue weighted by atomic mass is 16.5. The van der Waals surface area contributed by atoms with Gasteiger partial charge in [-0.15, -0.1) is 0 Å². The van der Waals surface area contributed by atoms with Crippen LogP contribution in [-0.2, 0) is 14.3 Å². The lowest BCUT2D eigenvalue weighted by atomic mass is 9.90. The highest BCUT2D eigenvalue weighted by Gasteiger charge is 2.28. The van der Waals surface area contributed by atoms with Crippen molar-refractivity contribution in [3.05, 3.63) is 0 Å². The molecule has 5 nitrogen and oxygen atoms in total. The number of carbonyl (C=O) groups excluding carboxylic acids is 1. The van der Waals surface area contributed by atoms with E-state index in [1.807, 2.05) is 6.92 Å². The third-order valence-corrected chi connectivity index (χ3v) is 3.53. The Morgan fingerprint density at radius 3 is 2.15 bits per heavy atom. The number of hydrogen-bond donors (Lipinski definition) is 2. The van der Waals surface area contributed by atoms with E-state index in [1.165, 1.54) is 6.92 Å². The summed E-state index contributed by atoms with van der Waals surface area (Å²) in [5.41, 5.74) is 5.45. The van der Waals surface area contributed by atoms with E-state index in [0.29, 0.717) is 5.92 Å². The predicted octanol–water partition coefficient (Wildman–Crippen LogP) is 2.57. The van der Waals surface area contributed by atoms with Gasteiger partial charge in [0.25, 0.3) is 0 Å². The summed E-state index contributed by atoms with van der Waals surface area (Å²) in [6.45, 7) is 7.80.